The molecule has 2 heterocycles. The lowest BCUT2D eigenvalue weighted by atomic mass is 9.95. The van der Waals surface area contributed by atoms with Crippen molar-refractivity contribution in [2.45, 2.75) is 26.0 Å². The van der Waals surface area contributed by atoms with Crippen molar-refractivity contribution in [2.24, 2.45) is 0 Å². The van der Waals surface area contributed by atoms with E-state index < -0.39 is 17.7 Å². The Morgan fingerprint density at radius 2 is 1.78 bits per heavy atom. The Morgan fingerprint density at radius 1 is 1.08 bits per heavy atom. The monoisotopic (exact) mass is 496 g/mol. The Kier molecular flexibility index (Phi) is 7.81. The van der Waals surface area contributed by atoms with E-state index in [1.807, 2.05) is 13.8 Å². The van der Waals surface area contributed by atoms with E-state index in [4.69, 9.17) is 14.2 Å². The molecule has 4 rings (SSSR count). The largest absolute Gasteiger partial charge is 0.507 e. The smallest absolute Gasteiger partial charge is 0.295 e. The number of morpholine rings is 1. The molecule has 0 aliphatic carbocycles. The van der Waals surface area contributed by atoms with E-state index in [-0.39, 0.29) is 35.5 Å². The van der Waals surface area contributed by atoms with Gasteiger partial charge in [-0.15, -0.1) is 0 Å². The first-order valence-electron chi connectivity index (χ1n) is 12.0. The number of aliphatic hydroxyl groups excluding tert-OH is 1. The number of rotatable bonds is 8. The van der Waals surface area contributed by atoms with Crippen LogP contribution in [0.4, 0.5) is 0 Å². The minimum absolute atomic E-state index is 0.00718. The van der Waals surface area contributed by atoms with E-state index in [9.17, 15) is 19.8 Å². The number of nitrogens with zero attached hydrogens (tertiary/aromatic N) is 2. The number of Topliss-reactive ketones (excluding diaryl/α,β-unsaturated/α-hetero) is 1. The van der Waals surface area contributed by atoms with Gasteiger partial charge >= 0.3 is 0 Å². The summed E-state index contributed by atoms with van der Waals surface area (Å²) >= 11 is 0. The molecule has 0 aromatic heterocycles. The second kappa shape index (κ2) is 11.0. The molecule has 1 unspecified atom stereocenters. The van der Waals surface area contributed by atoms with E-state index in [0.717, 1.165) is 13.1 Å². The van der Waals surface area contributed by atoms with Gasteiger partial charge < -0.3 is 29.3 Å². The van der Waals surface area contributed by atoms with Crippen LogP contribution in [0.15, 0.2) is 48.0 Å². The standard InChI is InChI=1S/C27H32N2O7/c1-17(2)36-20-7-4-18(5-8-20)25(31)23-24(19-6-9-21(30)22(16-19)34-3)29(27(33)26(23)32)11-10-28-12-14-35-15-13-28/h4-9,16-17,24,30-31H,10-15H2,1-3H3/b25-23-. The highest BCUT2D eigenvalue weighted by Gasteiger charge is 2.46. The Balaban J connectivity index is 1.73. The minimum atomic E-state index is -0.841. The topological polar surface area (TPSA) is 109 Å². The molecule has 1 atom stereocenters. The zero-order chi connectivity index (χ0) is 25.8. The van der Waals surface area contributed by atoms with Crippen LogP contribution in [0.5, 0.6) is 17.2 Å². The van der Waals surface area contributed by atoms with Gasteiger partial charge in [0.25, 0.3) is 11.7 Å². The molecule has 36 heavy (non-hydrogen) atoms. The van der Waals surface area contributed by atoms with Gasteiger partial charge in [0.15, 0.2) is 11.5 Å². The molecule has 2 aliphatic heterocycles. The molecule has 0 spiro atoms. The normalized spacial score (nSPS) is 20.2. The summed E-state index contributed by atoms with van der Waals surface area (Å²) in [5, 5.41) is 21.4. The molecule has 192 valence electrons. The van der Waals surface area contributed by atoms with Crippen LogP contribution in [0.2, 0.25) is 0 Å². The summed E-state index contributed by atoms with van der Waals surface area (Å²) in [6.45, 7) is 7.40. The summed E-state index contributed by atoms with van der Waals surface area (Å²) in [7, 11) is 1.43. The average molecular weight is 497 g/mol. The molecule has 2 saturated heterocycles. The van der Waals surface area contributed by atoms with Crippen molar-refractivity contribution in [2.75, 3.05) is 46.5 Å². The minimum Gasteiger partial charge on any atom is -0.507 e. The Labute approximate surface area is 210 Å². The molecule has 2 N–H and O–H groups in total. The third-order valence-electron chi connectivity index (χ3n) is 6.32. The SMILES string of the molecule is COc1cc(C2/C(=C(/O)c3ccc(OC(C)C)cc3)C(=O)C(=O)N2CCN2CCOCC2)ccc1O. The molecule has 2 aromatic rings. The number of ketones is 1. The summed E-state index contributed by atoms with van der Waals surface area (Å²) < 4.78 is 16.3. The molecule has 0 saturated carbocycles. The van der Waals surface area contributed by atoms with E-state index >= 15 is 0 Å². The fourth-order valence-corrected chi connectivity index (χ4v) is 4.51. The van der Waals surface area contributed by atoms with Crippen molar-refractivity contribution in [3.05, 3.63) is 59.2 Å². The van der Waals surface area contributed by atoms with Crippen molar-refractivity contribution >= 4 is 17.4 Å². The predicted octanol–water partition coefficient (Wildman–Crippen LogP) is 2.94. The van der Waals surface area contributed by atoms with Gasteiger partial charge in [0.2, 0.25) is 0 Å². The first kappa shape index (κ1) is 25.5. The number of phenolic OH excluding ortho intramolecular Hbond substituents is 1. The van der Waals surface area contributed by atoms with Gasteiger partial charge in [-0.3, -0.25) is 14.5 Å². The molecule has 2 aromatic carbocycles. The zero-order valence-corrected chi connectivity index (χ0v) is 20.8. The zero-order valence-electron chi connectivity index (χ0n) is 20.8. The third kappa shape index (κ3) is 5.32. The van der Waals surface area contributed by atoms with Crippen LogP contribution in [0, 0.1) is 0 Å². The van der Waals surface area contributed by atoms with Gasteiger partial charge in [-0.25, -0.2) is 0 Å². The molecular formula is C27H32N2O7. The first-order valence-corrected chi connectivity index (χ1v) is 12.0. The van der Waals surface area contributed by atoms with Crippen LogP contribution in [0.1, 0.15) is 31.0 Å². The molecule has 2 aliphatic rings. The lowest BCUT2D eigenvalue weighted by Crippen LogP contribution is -2.42. The molecule has 1 amide bonds. The fourth-order valence-electron chi connectivity index (χ4n) is 4.51. The van der Waals surface area contributed by atoms with E-state index in [2.05, 4.69) is 4.90 Å². The summed E-state index contributed by atoms with van der Waals surface area (Å²) in [5.74, 6) is -0.924. The number of hydrogen-bond donors (Lipinski definition) is 2. The maximum absolute atomic E-state index is 13.3. The number of likely N-dealkylation sites (tertiary alicyclic amines) is 1. The maximum atomic E-state index is 13.3. The maximum Gasteiger partial charge on any atom is 0.295 e. The Hall–Kier alpha value is -3.56. The fraction of sp³-hybridized carbons (Fsp3) is 0.407. The van der Waals surface area contributed by atoms with Gasteiger partial charge in [-0.05, 0) is 55.8 Å². The quantitative estimate of drug-likeness (QED) is 0.326. The Bertz CT molecular complexity index is 1140. The number of aliphatic hydroxyl groups is 1. The summed E-state index contributed by atoms with van der Waals surface area (Å²) in [5.41, 5.74) is 0.937. The van der Waals surface area contributed by atoms with Crippen LogP contribution in [-0.4, -0.2) is 84.3 Å². The average Bonchev–Trinajstić information content (AvgIpc) is 3.13. The highest BCUT2D eigenvalue weighted by molar-refractivity contribution is 6.46. The number of hydrogen-bond acceptors (Lipinski definition) is 8. The van der Waals surface area contributed by atoms with Crippen molar-refractivity contribution in [3.63, 3.8) is 0 Å². The summed E-state index contributed by atoms with van der Waals surface area (Å²) in [4.78, 5) is 30.1. The molecular weight excluding hydrogens is 464 g/mol. The van der Waals surface area contributed by atoms with Crippen LogP contribution < -0.4 is 9.47 Å². The highest BCUT2D eigenvalue weighted by Crippen LogP contribution is 2.41. The molecule has 9 nitrogen and oxygen atoms in total. The molecule has 0 bridgehead atoms. The van der Waals surface area contributed by atoms with Gasteiger partial charge in [-0.2, -0.15) is 0 Å². The third-order valence-corrected chi connectivity index (χ3v) is 6.32. The predicted molar refractivity (Wildman–Crippen MR) is 133 cm³/mol. The van der Waals surface area contributed by atoms with Gasteiger partial charge in [0, 0.05) is 31.7 Å². The Morgan fingerprint density at radius 3 is 2.42 bits per heavy atom. The molecule has 0 radical (unpaired) electrons. The summed E-state index contributed by atoms with van der Waals surface area (Å²) in [6, 6.07) is 10.6. The molecule has 9 heteroatoms. The number of carbonyl (C=O) groups is 2. The van der Waals surface area contributed by atoms with Crippen LogP contribution in [-0.2, 0) is 14.3 Å². The van der Waals surface area contributed by atoms with Crippen molar-refractivity contribution in [1.82, 2.24) is 9.80 Å². The van der Waals surface area contributed by atoms with Gasteiger partial charge in [0.05, 0.1) is 38.0 Å². The lowest BCUT2D eigenvalue weighted by molar-refractivity contribution is -0.140. The van der Waals surface area contributed by atoms with E-state index in [0.29, 0.717) is 36.6 Å². The van der Waals surface area contributed by atoms with E-state index in [1.54, 1.807) is 36.4 Å². The number of ether oxygens (including phenoxy) is 3. The number of benzene rings is 2. The van der Waals surface area contributed by atoms with Crippen LogP contribution in [0.3, 0.4) is 0 Å². The second-order valence-electron chi connectivity index (χ2n) is 9.07. The molecule has 2 fully saturated rings. The van der Waals surface area contributed by atoms with Crippen LogP contribution >= 0.6 is 0 Å². The van der Waals surface area contributed by atoms with Gasteiger partial charge in [-0.1, -0.05) is 6.07 Å². The first-order chi connectivity index (χ1) is 17.3. The lowest BCUT2D eigenvalue weighted by Gasteiger charge is -2.31. The van der Waals surface area contributed by atoms with Crippen molar-refractivity contribution < 1.29 is 34.0 Å². The van der Waals surface area contributed by atoms with Crippen molar-refractivity contribution in [3.8, 4) is 17.2 Å². The van der Waals surface area contributed by atoms with Crippen LogP contribution in [0.25, 0.3) is 5.76 Å². The summed E-state index contributed by atoms with van der Waals surface area (Å²) in [6.07, 6.45) is -0.00860. The second-order valence-corrected chi connectivity index (χ2v) is 9.07. The number of amides is 1. The van der Waals surface area contributed by atoms with Gasteiger partial charge in [0.1, 0.15) is 11.5 Å². The number of methoxy groups -OCH3 is 1. The number of phenols is 1. The van der Waals surface area contributed by atoms with E-state index in [1.165, 1.54) is 18.1 Å². The number of carbonyl (C=O) groups excluding carboxylic acids is 2. The highest BCUT2D eigenvalue weighted by atomic mass is 16.5. The van der Waals surface area contributed by atoms with Crippen molar-refractivity contribution in [1.29, 1.82) is 0 Å². The number of aromatic hydroxyl groups is 1.